The summed E-state index contributed by atoms with van der Waals surface area (Å²) >= 11 is 13.3. The second-order valence-corrected chi connectivity index (χ2v) is 8.59. The van der Waals surface area contributed by atoms with E-state index in [9.17, 15) is 4.79 Å². The molecule has 7 heteroatoms. The van der Waals surface area contributed by atoms with Crippen LogP contribution >= 0.6 is 23.2 Å². The molecule has 33 heavy (non-hydrogen) atoms. The molecule has 1 fully saturated rings. The van der Waals surface area contributed by atoms with Gasteiger partial charge in [-0.1, -0.05) is 55.4 Å². The average molecular weight is 486 g/mol. The Hall–Kier alpha value is -2.76. The van der Waals surface area contributed by atoms with E-state index in [1.165, 1.54) is 6.08 Å². The maximum Gasteiger partial charge on any atom is 0.246 e. The van der Waals surface area contributed by atoms with Crippen molar-refractivity contribution in [2.75, 3.05) is 20.2 Å². The number of ether oxygens (including phenoxy) is 1. The van der Waals surface area contributed by atoms with Gasteiger partial charge in [-0.05, 0) is 60.8 Å². The predicted octanol–water partition coefficient (Wildman–Crippen LogP) is 5.75. The molecule has 1 heterocycles. The van der Waals surface area contributed by atoms with E-state index in [1.54, 1.807) is 12.0 Å². The number of hydrogen-bond acceptors (Lipinski definition) is 4. The van der Waals surface area contributed by atoms with Gasteiger partial charge in [0.05, 0.1) is 22.9 Å². The average Bonchev–Trinajstić information content (AvgIpc) is 3.27. The lowest BCUT2D eigenvalue weighted by Crippen LogP contribution is -2.33. The van der Waals surface area contributed by atoms with Crippen molar-refractivity contribution in [3.05, 3.63) is 82.2 Å². The van der Waals surface area contributed by atoms with Crippen LogP contribution in [0.3, 0.4) is 0 Å². The number of hydrogen-bond donors (Lipinski definition) is 1. The van der Waals surface area contributed by atoms with Crippen molar-refractivity contribution < 1.29 is 9.53 Å². The molecule has 1 atom stereocenters. The van der Waals surface area contributed by atoms with Crippen LogP contribution in [0.15, 0.2) is 66.0 Å². The maximum absolute atomic E-state index is 11.8. The zero-order chi connectivity index (χ0) is 24.1. The topological polar surface area (TPSA) is 53.9 Å². The van der Waals surface area contributed by atoms with Crippen molar-refractivity contribution in [2.24, 2.45) is 4.99 Å². The van der Waals surface area contributed by atoms with Crippen LogP contribution in [-0.4, -0.2) is 42.8 Å². The summed E-state index contributed by atoms with van der Waals surface area (Å²) in [7, 11) is 1.60. The zero-order valence-electron chi connectivity index (χ0n) is 19.3. The van der Waals surface area contributed by atoms with Gasteiger partial charge < -0.3 is 15.0 Å². The number of allylic oxidation sites excluding steroid dienone is 6. The first-order valence-corrected chi connectivity index (χ1v) is 11.7. The minimum Gasteiger partial charge on any atom is -0.495 e. The molecule has 1 N–H and O–H groups in total. The number of likely N-dealkylation sites (tertiary alicyclic amines) is 1. The molecule has 2 aliphatic rings. The molecule has 0 spiro atoms. The highest BCUT2D eigenvalue weighted by atomic mass is 35.5. The third kappa shape index (κ3) is 5.43. The van der Waals surface area contributed by atoms with Gasteiger partial charge in [-0.2, -0.15) is 0 Å². The fourth-order valence-electron chi connectivity index (χ4n) is 3.99. The molecule has 0 radical (unpaired) electrons. The normalized spacial score (nSPS) is 20.2. The standard InChI is InChI=1S/C26H29Cl2N3O2/c1-6-17-13-19(24-25(27)18(7-2)14-22(33-5)26(24)28)9-10-21(17)30-16(4)29-20-11-12-31(15-20)23(32)8-3/h6,8-10,13-14,20,29H,3-4,7,11-12,15H2,1-2,5H3/b17-6-,30-21-/t20-/m0/s1. The number of rotatable bonds is 7. The lowest BCUT2D eigenvalue weighted by molar-refractivity contribution is -0.125. The summed E-state index contributed by atoms with van der Waals surface area (Å²) in [5, 5.41) is 4.43. The van der Waals surface area contributed by atoms with E-state index in [2.05, 4.69) is 23.5 Å². The predicted molar refractivity (Wildman–Crippen MR) is 138 cm³/mol. The minimum absolute atomic E-state index is 0.0543. The Balaban J connectivity index is 1.82. The first-order valence-electron chi connectivity index (χ1n) is 10.9. The molecule has 0 bridgehead atoms. The van der Waals surface area contributed by atoms with Gasteiger partial charge in [0, 0.05) is 24.7 Å². The molecule has 1 aromatic rings. The van der Waals surface area contributed by atoms with E-state index < -0.39 is 0 Å². The van der Waals surface area contributed by atoms with Gasteiger partial charge >= 0.3 is 0 Å². The maximum atomic E-state index is 11.8. The Kier molecular flexibility index (Phi) is 8.22. The van der Waals surface area contributed by atoms with Gasteiger partial charge in [-0.15, -0.1) is 0 Å². The number of carbonyl (C=O) groups is 1. The van der Waals surface area contributed by atoms with E-state index in [-0.39, 0.29) is 11.9 Å². The number of carbonyl (C=O) groups excluding carboxylic acids is 1. The fraction of sp³-hybridized carbons (Fsp3) is 0.308. The Morgan fingerprint density at radius 1 is 1.36 bits per heavy atom. The second kappa shape index (κ2) is 10.9. The Labute approximate surface area is 205 Å². The molecule has 0 aromatic heterocycles. The van der Waals surface area contributed by atoms with Crippen molar-refractivity contribution in [3.63, 3.8) is 0 Å². The Bertz CT molecular complexity index is 1070. The lowest BCUT2D eigenvalue weighted by Gasteiger charge is -2.19. The molecular formula is C26H29Cl2N3O2. The monoisotopic (exact) mass is 485 g/mol. The van der Waals surface area contributed by atoms with Crippen LogP contribution in [0.1, 0.15) is 31.4 Å². The summed E-state index contributed by atoms with van der Waals surface area (Å²) in [4.78, 5) is 18.2. The first kappa shape index (κ1) is 24.9. The van der Waals surface area contributed by atoms with Gasteiger partial charge in [0.2, 0.25) is 5.91 Å². The quantitative estimate of drug-likeness (QED) is 0.500. The van der Waals surface area contributed by atoms with Crippen molar-refractivity contribution >= 4 is 40.4 Å². The molecule has 1 aliphatic carbocycles. The molecule has 5 nitrogen and oxygen atoms in total. The molecule has 1 aliphatic heterocycles. The van der Waals surface area contributed by atoms with Crippen LogP contribution < -0.4 is 10.1 Å². The van der Waals surface area contributed by atoms with Crippen LogP contribution in [0, 0.1) is 0 Å². The van der Waals surface area contributed by atoms with Crippen molar-refractivity contribution in [1.29, 1.82) is 0 Å². The molecule has 1 aromatic carbocycles. The van der Waals surface area contributed by atoms with E-state index in [4.69, 9.17) is 27.9 Å². The molecule has 3 rings (SSSR count). The summed E-state index contributed by atoms with van der Waals surface area (Å²) in [6, 6.07) is 1.99. The number of nitrogens with one attached hydrogen (secondary N) is 1. The first-order chi connectivity index (χ1) is 15.8. The highest BCUT2D eigenvalue weighted by molar-refractivity contribution is 6.39. The van der Waals surface area contributed by atoms with Crippen LogP contribution in [0.2, 0.25) is 10.0 Å². The van der Waals surface area contributed by atoms with E-state index in [0.29, 0.717) is 34.7 Å². The van der Waals surface area contributed by atoms with Crippen molar-refractivity contribution in [1.82, 2.24) is 10.2 Å². The minimum atomic E-state index is -0.0543. The van der Waals surface area contributed by atoms with Crippen LogP contribution in [-0.2, 0) is 11.2 Å². The summed E-state index contributed by atoms with van der Waals surface area (Å²) in [5.41, 5.74) is 4.32. The number of aryl methyl sites for hydroxylation is 1. The lowest BCUT2D eigenvalue weighted by atomic mass is 9.93. The van der Waals surface area contributed by atoms with Crippen LogP contribution in [0.25, 0.3) is 5.57 Å². The summed E-state index contributed by atoms with van der Waals surface area (Å²) < 4.78 is 5.46. The van der Waals surface area contributed by atoms with E-state index in [1.807, 2.05) is 44.2 Å². The SMILES string of the molecule is C=CC(=O)N1CC[C@H](NC(=C)/N=C2/C=CC(c3c(Cl)c(CC)cc(OC)c3Cl)=C/C2=C/C)C1. The van der Waals surface area contributed by atoms with E-state index in [0.717, 1.165) is 40.8 Å². The molecule has 0 unspecified atom stereocenters. The highest BCUT2D eigenvalue weighted by Crippen LogP contribution is 2.42. The van der Waals surface area contributed by atoms with Gasteiger partial charge in [0.15, 0.2) is 0 Å². The number of halogens is 2. The van der Waals surface area contributed by atoms with Crippen molar-refractivity contribution in [3.8, 4) is 5.75 Å². The third-order valence-electron chi connectivity index (χ3n) is 5.77. The Morgan fingerprint density at radius 3 is 2.76 bits per heavy atom. The van der Waals surface area contributed by atoms with Crippen molar-refractivity contribution in [2.45, 2.75) is 32.7 Å². The van der Waals surface area contributed by atoms with Gasteiger partial charge in [0.1, 0.15) is 11.6 Å². The van der Waals surface area contributed by atoms with Gasteiger partial charge in [-0.25, -0.2) is 4.99 Å². The number of nitrogens with zero attached hydrogens (tertiary/aromatic N) is 2. The number of amides is 1. The molecule has 0 saturated carbocycles. The summed E-state index contributed by atoms with van der Waals surface area (Å²) in [5.74, 6) is 1.10. The molecule has 174 valence electrons. The number of methoxy groups -OCH3 is 1. The highest BCUT2D eigenvalue weighted by Gasteiger charge is 2.25. The molecular weight excluding hydrogens is 457 g/mol. The number of benzene rings is 1. The summed E-state index contributed by atoms with van der Waals surface area (Å²) in [6.45, 7) is 12.9. The molecule has 1 saturated heterocycles. The Morgan fingerprint density at radius 2 is 2.12 bits per heavy atom. The van der Waals surface area contributed by atoms with Gasteiger partial charge in [0.25, 0.3) is 0 Å². The second-order valence-electron chi connectivity index (χ2n) is 7.83. The summed E-state index contributed by atoms with van der Waals surface area (Å²) in [6.07, 6.45) is 10.8. The zero-order valence-corrected chi connectivity index (χ0v) is 20.8. The largest absolute Gasteiger partial charge is 0.495 e. The fourth-order valence-corrected chi connectivity index (χ4v) is 4.76. The van der Waals surface area contributed by atoms with E-state index >= 15 is 0 Å². The number of aliphatic imine (C=N–C) groups is 1. The van der Waals surface area contributed by atoms with Gasteiger partial charge in [-0.3, -0.25) is 4.79 Å². The molecule has 1 amide bonds. The van der Waals surface area contributed by atoms with Crippen LogP contribution in [0.4, 0.5) is 0 Å². The smallest absolute Gasteiger partial charge is 0.246 e. The third-order valence-corrected chi connectivity index (χ3v) is 6.58. The van der Waals surface area contributed by atoms with Crippen LogP contribution in [0.5, 0.6) is 5.75 Å².